The maximum atomic E-state index is 11.2. The first-order chi connectivity index (χ1) is 12.9. The van der Waals surface area contributed by atoms with Gasteiger partial charge in [-0.25, -0.2) is 4.79 Å². The van der Waals surface area contributed by atoms with Crippen molar-refractivity contribution < 1.29 is 24.2 Å². The van der Waals surface area contributed by atoms with Crippen LogP contribution >= 0.6 is 11.6 Å². The molecule has 0 unspecified atom stereocenters. The number of hydrogen-bond acceptors (Lipinski definition) is 4. The van der Waals surface area contributed by atoms with E-state index in [1.165, 1.54) is 20.1 Å². The Labute approximate surface area is 162 Å². The molecule has 0 atom stereocenters. The van der Waals surface area contributed by atoms with Gasteiger partial charge in [-0.2, -0.15) is 0 Å². The highest BCUT2D eigenvalue weighted by molar-refractivity contribution is 6.32. The molecule has 2 aromatic rings. The van der Waals surface area contributed by atoms with Gasteiger partial charge in [0, 0.05) is 13.3 Å². The van der Waals surface area contributed by atoms with Gasteiger partial charge in [0.05, 0.1) is 18.7 Å². The highest BCUT2D eigenvalue weighted by Gasteiger charge is 2.14. The Morgan fingerprint density at radius 3 is 2.52 bits per heavy atom. The Morgan fingerprint density at radius 1 is 1.22 bits per heavy atom. The minimum Gasteiger partial charge on any atom is -0.493 e. The van der Waals surface area contributed by atoms with Crippen molar-refractivity contribution in [1.82, 2.24) is 5.32 Å². The summed E-state index contributed by atoms with van der Waals surface area (Å²) in [5.41, 5.74) is 1.32. The number of carbonyl (C=O) groups is 2. The Bertz CT molecular complexity index is 849. The molecule has 0 radical (unpaired) electrons. The average Bonchev–Trinajstić information content (AvgIpc) is 2.63. The zero-order chi connectivity index (χ0) is 19.8. The molecule has 142 valence electrons. The van der Waals surface area contributed by atoms with Crippen LogP contribution in [0.25, 0.3) is 6.08 Å². The molecule has 2 aromatic carbocycles. The number of carboxylic acid groups (broad SMARTS) is 1. The van der Waals surface area contributed by atoms with Gasteiger partial charge >= 0.3 is 5.97 Å². The Balaban J connectivity index is 2.20. The molecule has 0 heterocycles. The van der Waals surface area contributed by atoms with E-state index in [-0.39, 0.29) is 10.7 Å². The van der Waals surface area contributed by atoms with Gasteiger partial charge in [-0.15, -0.1) is 0 Å². The maximum absolute atomic E-state index is 11.2. The number of carboxylic acids is 1. The minimum absolute atomic E-state index is 0.265. The lowest BCUT2D eigenvalue weighted by molar-refractivity contribution is -0.134. The van der Waals surface area contributed by atoms with Gasteiger partial charge in [0.25, 0.3) is 0 Å². The predicted octanol–water partition coefficient (Wildman–Crippen LogP) is 3.53. The number of aliphatic carboxylic acids is 1. The third-order valence-electron chi connectivity index (χ3n) is 3.58. The van der Waals surface area contributed by atoms with Gasteiger partial charge in [0.2, 0.25) is 5.91 Å². The third-order valence-corrected chi connectivity index (χ3v) is 3.86. The average molecular weight is 390 g/mol. The second kappa shape index (κ2) is 9.64. The van der Waals surface area contributed by atoms with Crippen LogP contribution in [0.5, 0.6) is 11.5 Å². The predicted molar refractivity (Wildman–Crippen MR) is 103 cm³/mol. The van der Waals surface area contributed by atoms with E-state index in [1.54, 1.807) is 12.1 Å². The number of rotatable bonds is 8. The highest BCUT2D eigenvalue weighted by atomic mass is 35.5. The summed E-state index contributed by atoms with van der Waals surface area (Å²) in [7, 11) is 1.47. The fraction of sp³-hybridized carbons (Fsp3) is 0.200. The number of halogens is 1. The molecular formula is C20H20ClNO5. The maximum Gasteiger partial charge on any atom is 0.352 e. The van der Waals surface area contributed by atoms with E-state index in [0.717, 1.165) is 5.56 Å². The molecule has 7 heteroatoms. The Morgan fingerprint density at radius 2 is 1.93 bits per heavy atom. The van der Waals surface area contributed by atoms with Crippen LogP contribution in [0.2, 0.25) is 5.02 Å². The lowest BCUT2D eigenvalue weighted by Crippen LogP contribution is -2.24. The van der Waals surface area contributed by atoms with Crippen molar-refractivity contribution in [1.29, 1.82) is 0 Å². The fourth-order valence-corrected chi connectivity index (χ4v) is 2.66. The second-order valence-corrected chi connectivity index (χ2v) is 6.07. The van der Waals surface area contributed by atoms with Crippen LogP contribution in [-0.2, 0) is 16.0 Å². The van der Waals surface area contributed by atoms with Crippen LogP contribution < -0.4 is 14.8 Å². The minimum atomic E-state index is -1.26. The van der Waals surface area contributed by atoms with Crippen molar-refractivity contribution in [2.45, 2.75) is 13.3 Å². The van der Waals surface area contributed by atoms with Crippen molar-refractivity contribution in [2.75, 3.05) is 13.7 Å². The molecule has 0 bridgehead atoms. The van der Waals surface area contributed by atoms with Gasteiger partial charge in [0.15, 0.2) is 11.5 Å². The Hall–Kier alpha value is -2.99. The topological polar surface area (TPSA) is 84.9 Å². The largest absolute Gasteiger partial charge is 0.493 e. The first-order valence-electron chi connectivity index (χ1n) is 8.17. The summed E-state index contributed by atoms with van der Waals surface area (Å²) < 4.78 is 11.1. The number of amides is 1. The quantitative estimate of drug-likeness (QED) is 0.674. The molecule has 0 aliphatic heterocycles. The number of ether oxygens (including phenoxy) is 2. The summed E-state index contributed by atoms with van der Waals surface area (Å²) in [6, 6.07) is 13.0. The highest BCUT2D eigenvalue weighted by Crippen LogP contribution is 2.37. The van der Waals surface area contributed by atoms with Gasteiger partial charge in [-0.05, 0) is 29.3 Å². The summed E-state index contributed by atoms with van der Waals surface area (Å²) in [4.78, 5) is 22.4. The number of methoxy groups -OCH3 is 1. The molecule has 2 rings (SSSR count). The zero-order valence-electron chi connectivity index (χ0n) is 15.0. The summed E-state index contributed by atoms with van der Waals surface area (Å²) >= 11 is 6.29. The molecule has 27 heavy (non-hydrogen) atoms. The summed E-state index contributed by atoms with van der Waals surface area (Å²) in [6.45, 7) is 1.63. The van der Waals surface area contributed by atoms with Crippen molar-refractivity contribution in [3.05, 3.63) is 64.3 Å². The lowest BCUT2D eigenvalue weighted by atomic mass is 10.1. The van der Waals surface area contributed by atoms with Gasteiger partial charge in [-0.1, -0.05) is 41.9 Å². The van der Waals surface area contributed by atoms with Crippen LogP contribution in [0.3, 0.4) is 0 Å². The molecule has 6 nitrogen and oxygen atoms in total. The molecule has 0 aliphatic carbocycles. The van der Waals surface area contributed by atoms with Gasteiger partial charge in [-0.3, -0.25) is 4.79 Å². The Kier molecular flexibility index (Phi) is 7.25. The van der Waals surface area contributed by atoms with E-state index in [1.807, 2.05) is 30.3 Å². The molecule has 0 fully saturated rings. The van der Waals surface area contributed by atoms with Crippen molar-refractivity contribution in [2.24, 2.45) is 0 Å². The SMILES string of the molecule is COc1cc(/C=C(/NC(C)=O)C(=O)O)cc(Cl)c1OCCc1ccccc1. The molecular weight excluding hydrogens is 370 g/mol. The number of hydrogen-bond donors (Lipinski definition) is 2. The number of benzene rings is 2. The smallest absolute Gasteiger partial charge is 0.352 e. The van der Waals surface area contributed by atoms with E-state index < -0.39 is 11.9 Å². The van der Waals surface area contributed by atoms with Crippen LogP contribution in [0.15, 0.2) is 48.2 Å². The van der Waals surface area contributed by atoms with E-state index >= 15 is 0 Å². The second-order valence-electron chi connectivity index (χ2n) is 5.66. The molecule has 0 saturated carbocycles. The van der Waals surface area contributed by atoms with Crippen LogP contribution in [0.1, 0.15) is 18.1 Å². The molecule has 1 amide bonds. The fourth-order valence-electron chi connectivity index (χ4n) is 2.39. The molecule has 0 spiro atoms. The van der Waals surface area contributed by atoms with Crippen molar-refractivity contribution in [3.8, 4) is 11.5 Å². The van der Waals surface area contributed by atoms with Crippen molar-refractivity contribution in [3.63, 3.8) is 0 Å². The lowest BCUT2D eigenvalue weighted by Gasteiger charge is -2.14. The number of carbonyl (C=O) groups excluding carboxylic acids is 1. The molecule has 0 aliphatic rings. The summed E-state index contributed by atoms with van der Waals surface area (Å²) in [5.74, 6) is -0.996. The summed E-state index contributed by atoms with van der Waals surface area (Å²) in [6.07, 6.45) is 2.00. The van der Waals surface area contributed by atoms with E-state index in [2.05, 4.69) is 5.32 Å². The number of nitrogens with one attached hydrogen (secondary N) is 1. The normalized spacial score (nSPS) is 11.0. The van der Waals surface area contributed by atoms with Gasteiger partial charge in [0.1, 0.15) is 5.70 Å². The van der Waals surface area contributed by atoms with E-state index in [0.29, 0.717) is 30.1 Å². The summed E-state index contributed by atoms with van der Waals surface area (Å²) in [5, 5.41) is 11.7. The van der Waals surface area contributed by atoms with Crippen molar-refractivity contribution >= 4 is 29.6 Å². The third kappa shape index (κ3) is 6.04. The van der Waals surface area contributed by atoms with Crippen LogP contribution in [0, 0.1) is 0 Å². The van der Waals surface area contributed by atoms with Gasteiger partial charge < -0.3 is 19.9 Å². The zero-order valence-corrected chi connectivity index (χ0v) is 15.7. The van der Waals surface area contributed by atoms with E-state index in [4.69, 9.17) is 21.1 Å². The molecule has 0 aromatic heterocycles. The van der Waals surface area contributed by atoms with E-state index in [9.17, 15) is 14.7 Å². The standard InChI is InChI=1S/C20H20ClNO5/c1-13(23)22-17(20(24)25)11-15-10-16(21)19(18(12-15)26-2)27-9-8-14-6-4-3-5-7-14/h3-7,10-12H,8-9H2,1-2H3,(H,22,23)(H,24,25)/b17-11+. The van der Waals surface area contributed by atoms with Crippen LogP contribution in [-0.4, -0.2) is 30.7 Å². The molecule has 2 N–H and O–H groups in total. The first-order valence-corrected chi connectivity index (χ1v) is 8.55. The molecule has 0 saturated heterocycles. The van der Waals surface area contributed by atoms with Crippen LogP contribution in [0.4, 0.5) is 0 Å². The first kappa shape index (κ1) is 20.3. The monoisotopic (exact) mass is 389 g/mol.